The molecule has 1 unspecified atom stereocenters. The summed E-state index contributed by atoms with van der Waals surface area (Å²) in [7, 11) is -3.64. The van der Waals surface area contributed by atoms with E-state index in [4.69, 9.17) is 11.6 Å². The first-order valence-electron chi connectivity index (χ1n) is 6.16. The number of rotatable bonds is 2. The number of hydrogen-bond acceptors (Lipinski definition) is 3. The number of pyridine rings is 1. The molecule has 2 aromatic heterocycles. The van der Waals surface area contributed by atoms with Gasteiger partial charge in [-0.1, -0.05) is 17.7 Å². The minimum Gasteiger partial charge on any atom is -0.237 e. The zero-order valence-corrected chi connectivity index (χ0v) is 12.4. The first kappa shape index (κ1) is 13.4. The molecule has 4 nitrogen and oxygen atoms in total. The maximum absolute atomic E-state index is 12.9. The van der Waals surface area contributed by atoms with Crippen LogP contribution in [0, 0.1) is 0 Å². The molecule has 0 saturated heterocycles. The standard InChI is InChI=1S/C14H13ClN2O2S/c1-14(7-2-5-12(15)10-14)20(18,19)17-9-6-11-4-3-8-16-13(11)17/h2-6,8-10H,7H2,1H3. The van der Waals surface area contributed by atoms with Crippen molar-refractivity contribution in [3.63, 3.8) is 0 Å². The van der Waals surface area contributed by atoms with Gasteiger partial charge >= 0.3 is 0 Å². The Bertz CT molecular complexity index is 836. The van der Waals surface area contributed by atoms with Crippen LogP contribution >= 0.6 is 11.6 Å². The number of halogens is 1. The van der Waals surface area contributed by atoms with Crippen LogP contribution in [-0.4, -0.2) is 22.1 Å². The van der Waals surface area contributed by atoms with Crippen LogP contribution in [0.3, 0.4) is 0 Å². The Balaban J connectivity index is 2.20. The van der Waals surface area contributed by atoms with Gasteiger partial charge in [-0.05, 0) is 43.7 Å². The fraction of sp³-hybridized carbons (Fsp3) is 0.214. The van der Waals surface area contributed by atoms with E-state index in [9.17, 15) is 8.42 Å². The van der Waals surface area contributed by atoms with Gasteiger partial charge < -0.3 is 0 Å². The van der Waals surface area contributed by atoms with E-state index in [1.54, 1.807) is 43.5 Å². The fourth-order valence-electron chi connectivity index (χ4n) is 2.34. The topological polar surface area (TPSA) is 52.0 Å². The maximum Gasteiger partial charge on any atom is 0.249 e. The second-order valence-electron chi connectivity index (χ2n) is 4.98. The van der Waals surface area contributed by atoms with Gasteiger partial charge in [-0.2, -0.15) is 0 Å². The van der Waals surface area contributed by atoms with Crippen molar-refractivity contribution in [1.29, 1.82) is 0 Å². The van der Waals surface area contributed by atoms with E-state index in [1.807, 2.05) is 6.07 Å². The number of fused-ring (bicyclic) bond motifs is 1. The average Bonchev–Trinajstić information content (AvgIpc) is 2.82. The number of allylic oxidation sites excluding steroid dienone is 3. The molecule has 104 valence electrons. The summed E-state index contributed by atoms with van der Waals surface area (Å²) in [5.74, 6) is 0. The van der Waals surface area contributed by atoms with E-state index in [-0.39, 0.29) is 0 Å². The van der Waals surface area contributed by atoms with E-state index in [0.29, 0.717) is 17.1 Å². The second kappa shape index (κ2) is 4.46. The molecule has 2 heterocycles. The smallest absolute Gasteiger partial charge is 0.237 e. The monoisotopic (exact) mass is 308 g/mol. The summed E-state index contributed by atoms with van der Waals surface area (Å²) in [6.07, 6.45) is 8.58. The van der Waals surface area contributed by atoms with E-state index >= 15 is 0 Å². The third-order valence-corrected chi connectivity index (χ3v) is 6.02. The third kappa shape index (κ3) is 1.89. The molecule has 0 amide bonds. The first-order chi connectivity index (χ1) is 9.44. The molecule has 1 atom stereocenters. The van der Waals surface area contributed by atoms with Gasteiger partial charge in [0, 0.05) is 22.8 Å². The zero-order valence-electron chi connectivity index (χ0n) is 10.8. The van der Waals surface area contributed by atoms with Gasteiger partial charge in [-0.3, -0.25) is 0 Å². The summed E-state index contributed by atoms with van der Waals surface area (Å²) in [4.78, 5) is 4.16. The van der Waals surface area contributed by atoms with Crippen molar-refractivity contribution in [2.75, 3.05) is 0 Å². The van der Waals surface area contributed by atoms with Crippen LogP contribution < -0.4 is 0 Å². The molecule has 0 bridgehead atoms. The van der Waals surface area contributed by atoms with E-state index in [1.165, 1.54) is 10.2 Å². The van der Waals surface area contributed by atoms with Crippen molar-refractivity contribution in [3.8, 4) is 0 Å². The summed E-state index contributed by atoms with van der Waals surface area (Å²) in [5, 5.41) is 1.23. The van der Waals surface area contributed by atoms with Gasteiger partial charge in [0.1, 0.15) is 4.75 Å². The van der Waals surface area contributed by atoms with Crippen LogP contribution in [0.5, 0.6) is 0 Å². The molecule has 0 fully saturated rings. The number of hydrogen-bond donors (Lipinski definition) is 0. The van der Waals surface area contributed by atoms with Gasteiger partial charge in [0.2, 0.25) is 10.0 Å². The molecule has 20 heavy (non-hydrogen) atoms. The highest BCUT2D eigenvalue weighted by Crippen LogP contribution is 2.33. The van der Waals surface area contributed by atoms with Gasteiger partial charge in [0.25, 0.3) is 0 Å². The molecule has 6 heteroatoms. The molecule has 1 aliphatic rings. The highest BCUT2D eigenvalue weighted by atomic mass is 35.5. The van der Waals surface area contributed by atoms with Gasteiger partial charge in [0.05, 0.1) is 0 Å². The van der Waals surface area contributed by atoms with Crippen molar-refractivity contribution in [3.05, 3.63) is 53.9 Å². The highest BCUT2D eigenvalue weighted by Gasteiger charge is 2.39. The van der Waals surface area contributed by atoms with Crippen molar-refractivity contribution < 1.29 is 8.42 Å². The minimum atomic E-state index is -3.64. The summed E-state index contributed by atoms with van der Waals surface area (Å²) in [6, 6.07) is 5.36. The number of nitrogens with zero attached hydrogens (tertiary/aromatic N) is 2. The molecule has 0 radical (unpaired) electrons. The summed E-state index contributed by atoms with van der Waals surface area (Å²) >= 11 is 5.97. The summed E-state index contributed by atoms with van der Waals surface area (Å²) in [6.45, 7) is 1.67. The SMILES string of the molecule is CC1(S(=O)(=O)n2ccc3cccnc32)C=C(Cl)C=CC1. The van der Waals surface area contributed by atoms with Crippen LogP contribution in [0.1, 0.15) is 13.3 Å². The molecular formula is C14H13ClN2O2S. The Morgan fingerprint density at radius 3 is 2.95 bits per heavy atom. The second-order valence-corrected chi connectivity index (χ2v) is 7.69. The normalized spacial score (nSPS) is 23.0. The van der Waals surface area contributed by atoms with E-state index in [2.05, 4.69) is 4.98 Å². The fourth-order valence-corrected chi connectivity index (χ4v) is 4.37. The zero-order chi connectivity index (χ0) is 14.4. The molecule has 1 aliphatic carbocycles. The lowest BCUT2D eigenvalue weighted by atomic mass is 10.0. The predicted molar refractivity (Wildman–Crippen MR) is 80.1 cm³/mol. The summed E-state index contributed by atoms with van der Waals surface area (Å²) in [5.41, 5.74) is 0.438. The average molecular weight is 309 g/mol. The molecule has 0 saturated carbocycles. The van der Waals surface area contributed by atoms with Crippen LogP contribution in [0.2, 0.25) is 0 Å². The van der Waals surface area contributed by atoms with E-state index < -0.39 is 14.8 Å². The summed E-state index contributed by atoms with van der Waals surface area (Å²) < 4.78 is 26.0. The Hall–Kier alpha value is -1.59. The molecule has 0 aromatic carbocycles. The van der Waals surface area contributed by atoms with Gasteiger partial charge in [-0.25, -0.2) is 17.4 Å². The lowest BCUT2D eigenvalue weighted by Gasteiger charge is -2.27. The van der Waals surface area contributed by atoms with Crippen molar-refractivity contribution in [1.82, 2.24) is 8.96 Å². The quantitative estimate of drug-likeness (QED) is 0.857. The number of aromatic nitrogens is 2. The molecule has 0 aliphatic heterocycles. The van der Waals surface area contributed by atoms with Gasteiger partial charge in [0.15, 0.2) is 5.65 Å². The Morgan fingerprint density at radius 1 is 1.40 bits per heavy atom. The van der Waals surface area contributed by atoms with Gasteiger partial charge in [-0.15, -0.1) is 0 Å². The van der Waals surface area contributed by atoms with Crippen LogP contribution in [0.15, 0.2) is 53.9 Å². The lowest BCUT2D eigenvalue weighted by Crippen LogP contribution is -2.38. The molecule has 3 rings (SSSR count). The minimum absolute atomic E-state index is 0.387. The Kier molecular flexibility index (Phi) is 2.99. The Labute approximate surface area is 122 Å². The molecule has 2 aromatic rings. The lowest BCUT2D eigenvalue weighted by molar-refractivity contribution is 0.554. The molecule has 0 N–H and O–H groups in total. The third-order valence-electron chi connectivity index (χ3n) is 3.51. The Morgan fingerprint density at radius 2 is 2.20 bits per heavy atom. The van der Waals surface area contributed by atoms with Crippen molar-refractivity contribution in [2.45, 2.75) is 18.1 Å². The van der Waals surface area contributed by atoms with Crippen LogP contribution in [0.25, 0.3) is 11.0 Å². The van der Waals surface area contributed by atoms with Crippen LogP contribution in [0.4, 0.5) is 0 Å². The van der Waals surface area contributed by atoms with E-state index in [0.717, 1.165) is 5.39 Å². The van der Waals surface area contributed by atoms with Crippen molar-refractivity contribution in [2.24, 2.45) is 0 Å². The first-order valence-corrected chi connectivity index (χ1v) is 7.98. The highest BCUT2D eigenvalue weighted by molar-refractivity contribution is 7.91. The molecule has 0 spiro atoms. The van der Waals surface area contributed by atoms with Crippen molar-refractivity contribution >= 4 is 32.7 Å². The predicted octanol–water partition coefficient (Wildman–Crippen LogP) is 3.06. The van der Waals surface area contributed by atoms with Crippen LogP contribution in [-0.2, 0) is 10.0 Å². The molecular weight excluding hydrogens is 296 g/mol. The largest absolute Gasteiger partial charge is 0.249 e. The maximum atomic E-state index is 12.9.